The van der Waals surface area contributed by atoms with Gasteiger partial charge in [-0.2, -0.15) is 10.5 Å². The van der Waals surface area contributed by atoms with Crippen molar-refractivity contribution in [3.8, 4) is 12.1 Å². The molecule has 0 spiro atoms. The van der Waals surface area contributed by atoms with Crippen LogP contribution in [0.15, 0.2) is 22.7 Å². The third kappa shape index (κ3) is 2.98. The van der Waals surface area contributed by atoms with Gasteiger partial charge in [0.05, 0.1) is 17.6 Å². The number of hydrogen-bond acceptors (Lipinski definition) is 3. The highest BCUT2D eigenvalue weighted by atomic mass is 79.9. The Morgan fingerprint density at radius 2 is 2.12 bits per heavy atom. The molecule has 0 aliphatic rings. The van der Waals surface area contributed by atoms with Gasteiger partial charge < -0.3 is 4.90 Å². The van der Waals surface area contributed by atoms with Gasteiger partial charge in [0, 0.05) is 23.8 Å². The summed E-state index contributed by atoms with van der Waals surface area (Å²) in [6, 6.07) is 9.84. The molecule has 0 saturated heterocycles. The van der Waals surface area contributed by atoms with Crippen molar-refractivity contribution in [2.45, 2.75) is 6.92 Å². The SMILES string of the molecule is CC(C#N)CN(C)c1ccc(C#N)c(Br)c1. The van der Waals surface area contributed by atoms with Crippen LogP contribution >= 0.6 is 15.9 Å². The molecule has 0 amide bonds. The Bertz CT molecular complexity index is 456. The van der Waals surface area contributed by atoms with E-state index in [1.54, 1.807) is 6.07 Å². The molecule has 1 rings (SSSR count). The van der Waals surface area contributed by atoms with Crippen molar-refractivity contribution in [2.24, 2.45) is 5.92 Å². The van der Waals surface area contributed by atoms with E-state index in [1.165, 1.54) is 0 Å². The smallest absolute Gasteiger partial charge is 0.100 e. The second-order valence-corrected chi connectivity index (χ2v) is 4.54. The fraction of sp³-hybridized carbons (Fsp3) is 0.333. The van der Waals surface area contributed by atoms with Gasteiger partial charge in [0.25, 0.3) is 0 Å². The number of hydrogen-bond donors (Lipinski definition) is 0. The van der Waals surface area contributed by atoms with Crippen LogP contribution in [0.4, 0.5) is 5.69 Å². The van der Waals surface area contributed by atoms with Gasteiger partial charge in [-0.15, -0.1) is 0 Å². The normalized spacial score (nSPS) is 11.3. The first kappa shape index (κ1) is 12.5. The predicted octanol–water partition coefficient (Wildman–Crippen LogP) is 2.92. The van der Waals surface area contributed by atoms with Crippen LogP contribution in [0.2, 0.25) is 0 Å². The summed E-state index contributed by atoms with van der Waals surface area (Å²) in [5.41, 5.74) is 1.61. The minimum absolute atomic E-state index is 0.0144. The van der Waals surface area contributed by atoms with Crippen molar-refractivity contribution in [2.75, 3.05) is 18.5 Å². The Kier molecular flexibility index (Phi) is 4.34. The van der Waals surface area contributed by atoms with Crippen molar-refractivity contribution in [3.05, 3.63) is 28.2 Å². The van der Waals surface area contributed by atoms with Gasteiger partial charge in [-0.3, -0.25) is 0 Å². The molecule has 0 aromatic heterocycles. The monoisotopic (exact) mass is 277 g/mol. The van der Waals surface area contributed by atoms with Crippen molar-refractivity contribution >= 4 is 21.6 Å². The summed E-state index contributed by atoms with van der Waals surface area (Å²) in [4.78, 5) is 2.00. The first-order chi connectivity index (χ1) is 7.58. The fourth-order valence-electron chi connectivity index (χ4n) is 1.39. The largest absolute Gasteiger partial charge is 0.373 e. The van der Waals surface area contributed by atoms with Crippen LogP contribution in [-0.4, -0.2) is 13.6 Å². The Hall–Kier alpha value is -1.52. The molecule has 1 atom stereocenters. The molecule has 4 heteroatoms. The molecule has 0 aliphatic heterocycles. The molecule has 0 N–H and O–H groups in total. The van der Waals surface area contributed by atoms with Gasteiger partial charge in [-0.25, -0.2) is 0 Å². The maximum Gasteiger partial charge on any atom is 0.100 e. The summed E-state index contributed by atoms with van der Waals surface area (Å²) in [5.74, 6) is -0.0144. The van der Waals surface area contributed by atoms with Crippen LogP contribution in [0.3, 0.4) is 0 Å². The molecule has 0 radical (unpaired) electrons. The molecule has 0 aliphatic carbocycles. The first-order valence-electron chi connectivity index (χ1n) is 4.89. The lowest BCUT2D eigenvalue weighted by Crippen LogP contribution is -2.23. The molecule has 82 valence electrons. The summed E-state index contributed by atoms with van der Waals surface area (Å²) in [6.07, 6.45) is 0. The summed E-state index contributed by atoms with van der Waals surface area (Å²) in [7, 11) is 1.93. The lowest BCUT2D eigenvalue weighted by atomic mass is 10.1. The van der Waals surface area contributed by atoms with Crippen LogP contribution in [0.25, 0.3) is 0 Å². The van der Waals surface area contributed by atoms with E-state index in [1.807, 2.05) is 31.0 Å². The van der Waals surface area contributed by atoms with Crippen molar-refractivity contribution in [1.82, 2.24) is 0 Å². The van der Waals surface area contributed by atoms with E-state index in [-0.39, 0.29) is 5.92 Å². The second kappa shape index (κ2) is 5.53. The summed E-state index contributed by atoms with van der Waals surface area (Å²) in [5, 5.41) is 17.5. The van der Waals surface area contributed by atoms with E-state index < -0.39 is 0 Å². The van der Waals surface area contributed by atoms with Gasteiger partial charge in [0.1, 0.15) is 6.07 Å². The summed E-state index contributed by atoms with van der Waals surface area (Å²) in [6.45, 7) is 2.56. The van der Waals surface area contributed by atoms with Crippen LogP contribution in [0, 0.1) is 28.6 Å². The molecular weight excluding hydrogens is 266 g/mol. The van der Waals surface area contributed by atoms with Crippen molar-refractivity contribution in [1.29, 1.82) is 10.5 Å². The molecule has 1 unspecified atom stereocenters. The zero-order chi connectivity index (χ0) is 12.1. The van der Waals surface area contributed by atoms with Crippen LogP contribution in [0.5, 0.6) is 0 Å². The number of halogens is 1. The molecule has 0 fully saturated rings. The fourth-order valence-corrected chi connectivity index (χ4v) is 1.84. The van der Waals surface area contributed by atoms with Crippen molar-refractivity contribution < 1.29 is 0 Å². The predicted molar refractivity (Wildman–Crippen MR) is 66.9 cm³/mol. The van der Waals surface area contributed by atoms with Gasteiger partial charge in [-0.1, -0.05) is 0 Å². The minimum atomic E-state index is -0.0144. The molecule has 3 nitrogen and oxygen atoms in total. The average molecular weight is 278 g/mol. The molecule has 16 heavy (non-hydrogen) atoms. The zero-order valence-corrected chi connectivity index (χ0v) is 10.8. The van der Waals surface area contributed by atoms with Crippen molar-refractivity contribution in [3.63, 3.8) is 0 Å². The van der Waals surface area contributed by atoms with Gasteiger partial charge in [-0.05, 0) is 41.1 Å². The van der Waals surface area contributed by atoms with Gasteiger partial charge in [0.2, 0.25) is 0 Å². The number of anilines is 1. The van der Waals surface area contributed by atoms with Gasteiger partial charge >= 0.3 is 0 Å². The van der Waals surface area contributed by atoms with E-state index in [0.717, 1.165) is 10.2 Å². The Morgan fingerprint density at radius 1 is 1.44 bits per heavy atom. The first-order valence-corrected chi connectivity index (χ1v) is 5.68. The lowest BCUT2D eigenvalue weighted by Gasteiger charge is -2.20. The highest BCUT2D eigenvalue weighted by molar-refractivity contribution is 9.10. The average Bonchev–Trinajstić information content (AvgIpc) is 2.28. The zero-order valence-electron chi connectivity index (χ0n) is 9.24. The Labute approximate surface area is 104 Å². The quantitative estimate of drug-likeness (QED) is 0.854. The Morgan fingerprint density at radius 3 is 2.62 bits per heavy atom. The van der Waals surface area contributed by atoms with Gasteiger partial charge in [0.15, 0.2) is 0 Å². The van der Waals surface area contributed by atoms with E-state index in [0.29, 0.717) is 12.1 Å². The van der Waals surface area contributed by atoms with E-state index in [4.69, 9.17) is 10.5 Å². The van der Waals surface area contributed by atoms with E-state index in [2.05, 4.69) is 28.1 Å². The maximum atomic E-state index is 8.79. The molecule has 1 aromatic carbocycles. The highest BCUT2D eigenvalue weighted by Crippen LogP contribution is 2.23. The van der Waals surface area contributed by atoms with Crippen LogP contribution < -0.4 is 4.90 Å². The molecule has 1 aromatic rings. The minimum Gasteiger partial charge on any atom is -0.373 e. The maximum absolute atomic E-state index is 8.79. The van der Waals surface area contributed by atoms with E-state index in [9.17, 15) is 0 Å². The number of rotatable bonds is 3. The number of nitrogens with zero attached hydrogens (tertiary/aromatic N) is 3. The Balaban J connectivity index is 2.86. The molecule has 0 heterocycles. The second-order valence-electron chi connectivity index (χ2n) is 3.69. The molecular formula is C12H12BrN3. The third-order valence-corrected chi connectivity index (χ3v) is 2.94. The summed E-state index contributed by atoms with van der Waals surface area (Å²) < 4.78 is 0.781. The molecule has 0 saturated carbocycles. The summed E-state index contributed by atoms with van der Waals surface area (Å²) >= 11 is 3.34. The number of benzene rings is 1. The topological polar surface area (TPSA) is 50.8 Å². The number of nitriles is 2. The lowest BCUT2D eigenvalue weighted by molar-refractivity contribution is 0.716. The standard InChI is InChI=1S/C12H12BrN3/c1-9(6-14)8-16(2)11-4-3-10(7-15)12(13)5-11/h3-5,9H,8H2,1-2H3. The highest BCUT2D eigenvalue weighted by Gasteiger charge is 2.08. The molecule has 0 bridgehead atoms. The van der Waals surface area contributed by atoms with E-state index >= 15 is 0 Å². The van der Waals surface area contributed by atoms with Crippen LogP contribution in [-0.2, 0) is 0 Å². The third-order valence-electron chi connectivity index (χ3n) is 2.28. The van der Waals surface area contributed by atoms with Crippen LogP contribution in [0.1, 0.15) is 12.5 Å².